The van der Waals surface area contributed by atoms with Gasteiger partial charge >= 0.3 is 0 Å². The van der Waals surface area contributed by atoms with Crippen molar-refractivity contribution in [3.05, 3.63) is 87.9 Å². The second-order valence-electron chi connectivity index (χ2n) is 9.79. The summed E-state index contributed by atoms with van der Waals surface area (Å²) in [7, 11) is -2.81. The number of anilines is 1. The van der Waals surface area contributed by atoms with Crippen molar-refractivity contribution in [3.63, 3.8) is 0 Å². The number of unbranched alkanes of at least 4 members (excludes halogenated alkanes) is 1. The van der Waals surface area contributed by atoms with Gasteiger partial charge in [0.1, 0.15) is 18.3 Å². The maximum Gasteiger partial charge on any atom is 0.264 e. The Balaban J connectivity index is 2.13. The monoisotopic (exact) mass is 633 g/mol. The zero-order chi connectivity index (χ0) is 30.9. The molecule has 0 aliphatic carbocycles. The van der Waals surface area contributed by atoms with E-state index in [1.54, 1.807) is 61.5 Å². The van der Waals surface area contributed by atoms with Gasteiger partial charge in [-0.2, -0.15) is 0 Å². The molecule has 11 heteroatoms. The van der Waals surface area contributed by atoms with Crippen LogP contribution in [0, 0.1) is 6.92 Å². The number of halogens is 2. The van der Waals surface area contributed by atoms with Crippen molar-refractivity contribution in [1.82, 2.24) is 10.2 Å². The van der Waals surface area contributed by atoms with Gasteiger partial charge in [-0.05, 0) is 61.7 Å². The highest BCUT2D eigenvalue weighted by Gasteiger charge is 2.35. The van der Waals surface area contributed by atoms with E-state index in [2.05, 4.69) is 5.32 Å². The minimum Gasteiger partial charge on any atom is -0.495 e. The van der Waals surface area contributed by atoms with E-state index in [0.717, 1.165) is 22.7 Å². The van der Waals surface area contributed by atoms with E-state index in [-0.39, 0.29) is 35.2 Å². The van der Waals surface area contributed by atoms with Gasteiger partial charge in [0.25, 0.3) is 10.0 Å². The molecule has 0 aromatic heterocycles. The van der Waals surface area contributed by atoms with E-state index in [1.807, 2.05) is 13.8 Å². The summed E-state index contributed by atoms with van der Waals surface area (Å²) in [5.74, 6) is -0.669. The fraction of sp³-hybridized carbons (Fsp3) is 0.355. The summed E-state index contributed by atoms with van der Waals surface area (Å²) in [5, 5.41) is 3.56. The Labute approximate surface area is 258 Å². The number of hydrogen-bond acceptors (Lipinski definition) is 5. The van der Waals surface area contributed by atoms with Gasteiger partial charge in [-0.25, -0.2) is 8.42 Å². The molecule has 0 radical (unpaired) electrons. The van der Waals surface area contributed by atoms with E-state index in [4.69, 9.17) is 27.9 Å². The zero-order valence-electron chi connectivity index (χ0n) is 24.3. The van der Waals surface area contributed by atoms with Crippen molar-refractivity contribution < 1.29 is 22.7 Å². The number of rotatable bonds is 14. The number of carbonyl (C=O) groups excluding carboxylic acids is 2. The lowest BCUT2D eigenvalue weighted by Gasteiger charge is -2.34. The Morgan fingerprint density at radius 1 is 0.976 bits per heavy atom. The molecule has 0 spiro atoms. The highest BCUT2D eigenvalue weighted by atomic mass is 35.5. The third-order valence-electron chi connectivity index (χ3n) is 6.82. The highest BCUT2D eigenvalue weighted by molar-refractivity contribution is 7.92. The Kier molecular flexibility index (Phi) is 12.1. The van der Waals surface area contributed by atoms with Crippen LogP contribution in [0.3, 0.4) is 0 Å². The first-order valence-electron chi connectivity index (χ1n) is 13.8. The maximum absolute atomic E-state index is 14.3. The molecule has 0 aliphatic heterocycles. The molecule has 3 aromatic rings. The van der Waals surface area contributed by atoms with Crippen LogP contribution in [-0.4, -0.2) is 51.4 Å². The van der Waals surface area contributed by atoms with Crippen LogP contribution in [0.5, 0.6) is 5.75 Å². The molecule has 1 atom stereocenters. The van der Waals surface area contributed by atoms with Crippen LogP contribution in [0.1, 0.15) is 44.2 Å². The van der Waals surface area contributed by atoms with Crippen LogP contribution in [0.2, 0.25) is 10.0 Å². The first-order chi connectivity index (χ1) is 20.0. The van der Waals surface area contributed by atoms with E-state index < -0.39 is 28.5 Å². The average Bonchev–Trinajstić information content (AvgIpc) is 2.97. The van der Waals surface area contributed by atoms with Crippen LogP contribution in [0.4, 0.5) is 5.69 Å². The molecule has 0 heterocycles. The van der Waals surface area contributed by atoms with E-state index in [0.29, 0.717) is 22.2 Å². The summed E-state index contributed by atoms with van der Waals surface area (Å²) < 4.78 is 34.7. The molecule has 0 saturated carbocycles. The van der Waals surface area contributed by atoms with Gasteiger partial charge in [-0.15, -0.1) is 0 Å². The number of carbonyl (C=O) groups is 2. The molecular formula is C31H37Cl2N3O5S. The minimum absolute atomic E-state index is 0.00593. The molecule has 0 aliphatic rings. The smallest absolute Gasteiger partial charge is 0.264 e. The first-order valence-corrected chi connectivity index (χ1v) is 16.0. The molecule has 226 valence electrons. The Morgan fingerprint density at radius 3 is 2.24 bits per heavy atom. The van der Waals surface area contributed by atoms with E-state index >= 15 is 0 Å². The minimum atomic E-state index is -4.24. The zero-order valence-corrected chi connectivity index (χ0v) is 26.6. The normalized spacial score (nSPS) is 12.0. The number of amides is 2. The predicted molar refractivity (Wildman–Crippen MR) is 168 cm³/mol. The van der Waals surface area contributed by atoms with Crippen LogP contribution in [0.25, 0.3) is 0 Å². The lowest BCUT2D eigenvalue weighted by molar-refractivity contribution is -0.140. The van der Waals surface area contributed by atoms with Crippen molar-refractivity contribution in [3.8, 4) is 5.75 Å². The summed E-state index contributed by atoms with van der Waals surface area (Å²) in [4.78, 5) is 29.0. The first kappa shape index (κ1) is 33.2. The van der Waals surface area contributed by atoms with Gasteiger partial charge in [-0.3, -0.25) is 13.9 Å². The number of nitrogens with one attached hydrogen (secondary N) is 1. The number of methoxy groups -OCH3 is 1. The standard InChI is InChI=1S/C31H37Cl2N3O5S/c1-5-7-18-34-31(38)27(6-2)35(20-24-25(32)14-11-15-26(24)33)30(37)21-36(28-19-22(3)16-17-29(28)41-4)42(39,40)23-12-9-8-10-13-23/h8-17,19,27H,5-7,18,20-21H2,1-4H3,(H,34,38)/t27-/m1/s1. The maximum atomic E-state index is 14.3. The van der Waals surface area contributed by atoms with Gasteiger partial charge in [0.05, 0.1) is 17.7 Å². The molecular weight excluding hydrogens is 597 g/mol. The predicted octanol–water partition coefficient (Wildman–Crippen LogP) is 6.23. The topological polar surface area (TPSA) is 96.0 Å². The molecule has 42 heavy (non-hydrogen) atoms. The van der Waals surface area contributed by atoms with Gasteiger partial charge in [-0.1, -0.05) is 73.8 Å². The number of nitrogens with zero attached hydrogens (tertiary/aromatic N) is 2. The summed E-state index contributed by atoms with van der Waals surface area (Å²) in [6.45, 7) is 5.38. The largest absolute Gasteiger partial charge is 0.495 e. The van der Waals surface area contributed by atoms with Crippen LogP contribution < -0.4 is 14.4 Å². The fourth-order valence-electron chi connectivity index (χ4n) is 4.51. The van der Waals surface area contributed by atoms with Crippen molar-refractivity contribution >= 4 is 50.7 Å². The molecule has 0 saturated heterocycles. The number of aryl methyl sites for hydroxylation is 1. The SMILES string of the molecule is CCCCNC(=O)[C@@H](CC)N(Cc1c(Cl)cccc1Cl)C(=O)CN(c1cc(C)ccc1OC)S(=O)(=O)c1ccccc1. The number of benzene rings is 3. The number of sulfonamides is 1. The van der Waals surface area contributed by atoms with Gasteiger partial charge in [0.15, 0.2) is 0 Å². The molecule has 3 aromatic carbocycles. The quantitative estimate of drug-likeness (QED) is 0.212. The average molecular weight is 635 g/mol. The molecule has 0 bridgehead atoms. The summed E-state index contributed by atoms with van der Waals surface area (Å²) in [5.41, 5.74) is 1.43. The number of hydrogen-bond donors (Lipinski definition) is 1. The molecule has 0 fully saturated rings. The van der Waals surface area contributed by atoms with Crippen LogP contribution >= 0.6 is 23.2 Å². The van der Waals surface area contributed by atoms with Crippen molar-refractivity contribution in [2.24, 2.45) is 0 Å². The Bertz CT molecular complexity index is 1460. The van der Waals surface area contributed by atoms with Crippen LogP contribution in [-0.2, 0) is 26.2 Å². The van der Waals surface area contributed by atoms with Crippen molar-refractivity contribution in [2.75, 3.05) is 24.5 Å². The van der Waals surface area contributed by atoms with Gasteiger partial charge in [0, 0.05) is 28.7 Å². The fourth-order valence-corrected chi connectivity index (χ4v) is 6.46. The van der Waals surface area contributed by atoms with E-state index in [9.17, 15) is 18.0 Å². The second-order valence-corrected chi connectivity index (χ2v) is 12.5. The lowest BCUT2D eigenvalue weighted by atomic mass is 10.1. The van der Waals surface area contributed by atoms with Crippen molar-refractivity contribution in [1.29, 1.82) is 0 Å². The van der Waals surface area contributed by atoms with Crippen molar-refractivity contribution in [2.45, 2.75) is 57.5 Å². The second kappa shape index (κ2) is 15.3. The molecule has 0 unspecified atom stereocenters. The summed E-state index contributed by atoms with van der Waals surface area (Å²) >= 11 is 12.9. The third-order valence-corrected chi connectivity index (χ3v) is 9.30. The third kappa shape index (κ3) is 7.96. The molecule has 3 rings (SSSR count). The number of ether oxygens (including phenoxy) is 1. The van der Waals surface area contributed by atoms with Crippen LogP contribution in [0.15, 0.2) is 71.6 Å². The lowest BCUT2D eigenvalue weighted by Crippen LogP contribution is -2.52. The van der Waals surface area contributed by atoms with E-state index in [1.165, 1.54) is 24.1 Å². The van der Waals surface area contributed by atoms with Gasteiger partial charge < -0.3 is 15.0 Å². The Hall–Kier alpha value is -3.27. The van der Waals surface area contributed by atoms with Gasteiger partial charge in [0.2, 0.25) is 11.8 Å². The molecule has 8 nitrogen and oxygen atoms in total. The Morgan fingerprint density at radius 2 is 1.64 bits per heavy atom. The highest BCUT2D eigenvalue weighted by Crippen LogP contribution is 2.34. The molecule has 1 N–H and O–H groups in total. The molecule has 2 amide bonds. The summed E-state index contributed by atoms with van der Waals surface area (Å²) in [6, 6.07) is 17.0. The summed E-state index contributed by atoms with van der Waals surface area (Å²) in [6.07, 6.45) is 1.95.